The predicted octanol–water partition coefficient (Wildman–Crippen LogP) is 2.57. The zero-order valence-corrected chi connectivity index (χ0v) is 12.8. The quantitative estimate of drug-likeness (QED) is 0.882. The maximum atomic E-state index is 11.9. The van der Waals surface area contributed by atoms with Crippen LogP contribution in [0.1, 0.15) is 5.56 Å². The van der Waals surface area contributed by atoms with Gasteiger partial charge in [-0.1, -0.05) is 30.3 Å². The fourth-order valence-corrected chi connectivity index (χ4v) is 2.37. The van der Waals surface area contributed by atoms with E-state index >= 15 is 0 Å². The van der Waals surface area contributed by atoms with E-state index < -0.39 is 0 Å². The molecule has 0 aliphatic carbocycles. The van der Waals surface area contributed by atoms with Gasteiger partial charge in [0.05, 0.1) is 25.1 Å². The SMILES string of the molecule is O=C(C=Cc1ccccc1)Nc1ccc(N2CCOCC2)cn1. The molecule has 5 heteroatoms. The van der Waals surface area contributed by atoms with E-state index in [4.69, 9.17) is 4.74 Å². The highest BCUT2D eigenvalue weighted by Gasteiger charge is 2.11. The monoisotopic (exact) mass is 309 g/mol. The Hall–Kier alpha value is -2.66. The van der Waals surface area contributed by atoms with Crippen molar-refractivity contribution in [3.8, 4) is 0 Å². The number of hydrogen-bond acceptors (Lipinski definition) is 4. The summed E-state index contributed by atoms with van der Waals surface area (Å²) in [5.41, 5.74) is 2.03. The van der Waals surface area contributed by atoms with Gasteiger partial charge in [0.15, 0.2) is 0 Å². The minimum atomic E-state index is -0.194. The molecule has 1 aliphatic rings. The summed E-state index contributed by atoms with van der Waals surface area (Å²) in [4.78, 5) is 18.4. The molecule has 2 aromatic rings. The molecule has 1 aromatic heterocycles. The first-order chi connectivity index (χ1) is 11.3. The van der Waals surface area contributed by atoms with E-state index in [1.165, 1.54) is 6.08 Å². The van der Waals surface area contributed by atoms with Crippen molar-refractivity contribution in [2.45, 2.75) is 0 Å². The number of pyridine rings is 1. The van der Waals surface area contributed by atoms with Gasteiger partial charge in [-0.05, 0) is 23.8 Å². The lowest BCUT2D eigenvalue weighted by molar-refractivity contribution is -0.111. The molecule has 0 radical (unpaired) electrons. The van der Waals surface area contributed by atoms with Crippen LogP contribution in [0.4, 0.5) is 11.5 Å². The van der Waals surface area contributed by atoms with Crippen molar-refractivity contribution in [1.29, 1.82) is 0 Å². The summed E-state index contributed by atoms with van der Waals surface area (Å²) in [5, 5.41) is 2.76. The van der Waals surface area contributed by atoms with Crippen LogP contribution in [0.5, 0.6) is 0 Å². The van der Waals surface area contributed by atoms with Crippen LogP contribution >= 0.6 is 0 Å². The number of amides is 1. The first-order valence-electron chi connectivity index (χ1n) is 7.64. The van der Waals surface area contributed by atoms with Gasteiger partial charge in [0, 0.05) is 19.2 Å². The normalized spacial score (nSPS) is 14.9. The lowest BCUT2D eigenvalue weighted by Gasteiger charge is -2.28. The number of aromatic nitrogens is 1. The Kier molecular flexibility index (Phi) is 5.01. The van der Waals surface area contributed by atoms with E-state index in [0.717, 1.165) is 37.6 Å². The third-order valence-electron chi connectivity index (χ3n) is 3.60. The number of nitrogens with one attached hydrogen (secondary N) is 1. The second-order valence-electron chi connectivity index (χ2n) is 5.23. The lowest BCUT2D eigenvalue weighted by atomic mass is 10.2. The van der Waals surface area contributed by atoms with Crippen LogP contribution in [-0.4, -0.2) is 37.2 Å². The van der Waals surface area contributed by atoms with Gasteiger partial charge >= 0.3 is 0 Å². The minimum Gasteiger partial charge on any atom is -0.378 e. The standard InChI is InChI=1S/C18H19N3O2/c22-18(9-6-15-4-2-1-3-5-15)20-17-8-7-16(14-19-17)21-10-12-23-13-11-21/h1-9,14H,10-13H2,(H,19,20,22). The molecule has 0 spiro atoms. The molecule has 1 aliphatic heterocycles. The van der Waals surface area contributed by atoms with E-state index in [0.29, 0.717) is 5.82 Å². The molecular weight excluding hydrogens is 290 g/mol. The van der Waals surface area contributed by atoms with Crippen LogP contribution in [0.2, 0.25) is 0 Å². The van der Waals surface area contributed by atoms with Crippen molar-refractivity contribution in [3.63, 3.8) is 0 Å². The van der Waals surface area contributed by atoms with Gasteiger partial charge in [-0.3, -0.25) is 4.79 Å². The number of benzene rings is 1. The van der Waals surface area contributed by atoms with E-state index in [2.05, 4.69) is 15.2 Å². The number of morpholine rings is 1. The summed E-state index contributed by atoms with van der Waals surface area (Å²) >= 11 is 0. The van der Waals surface area contributed by atoms with E-state index in [-0.39, 0.29) is 5.91 Å². The van der Waals surface area contributed by atoms with Crippen molar-refractivity contribution in [1.82, 2.24) is 4.98 Å². The molecule has 1 amide bonds. The molecule has 0 atom stereocenters. The summed E-state index contributed by atoms with van der Waals surface area (Å²) in [6.07, 6.45) is 5.06. The van der Waals surface area contributed by atoms with E-state index in [9.17, 15) is 4.79 Å². The zero-order valence-electron chi connectivity index (χ0n) is 12.8. The largest absolute Gasteiger partial charge is 0.378 e. The molecule has 5 nitrogen and oxygen atoms in total. The molecule has 1 fully saturated rings. The third kappa shape index (κ3) is 4.40. The highest BCUT2D eigenvalue weighted by Crippen LogP contribution is 2.16. The van der Waals surface area contributed by atoms with Crippen LogP contribution in [0, 0.1) is 0 Å². The van der Waals surface area contributed by atoms with Crippen LogP contribution in [-0.2, 0) is 9.53 Å². The van der Waals surface area contributed by atoms with Crippen molar-refractivity contribution in [2.75, 3.05) is 36.5 Å². The Balaban J connectivity index is 1.57. The molecular formula is C18H19N3O2. The zero-order chi connectivity index (χ0) is 15.9. The van der Waals surface area contributed by atoms with Crippen molar-refractivity contribution in [2.24, 2.45) is 0 Å². The number of carbonyl (C=O) groups excluding carboxylic acids is 1. The van der Waals surface area contributed by atoms with Gasteiger partial charge < -0.3 is 15.0 Å². The topological polar surface area (TPSA) is 54.5 Å². The maximum Gasteiger partial charge on any atom is 0.249 e. The predicted molar refractivity (Wildman–Crippen MR) is 91.4 cm³/mol. The second kappa shape index (κ2) is 7.56. The molecule has 1 saturated heterocycles. The summed E-state index contributed by atoms with van der Waals surface area (Å²) in [6, 6.07) is 13.5. The van der Waals surface area contributed by atoms with Gasteiger partial charge in [-0.15, -0.1) is 0 Å². The molecule has 3 rings (SSSR count). The summed E-state index contributed by atoms with van der Waals surface area (Å²) in [5.74, 6) is 0.352. The van der Waals surface area contributed by atoms with Crippen LogP contribution < -0.4 is 10.2 Å². The Labute approximate surface area is 135 Å². The second-order valence-corrected chi connectivity index (χ2v) is 5.23. The average Bonchev–Trinajstić information content (AvgIpc) is 2.62. The Morgan fingerprint density at radius 1 is 1.13 bits per heavy atom. The van der Waals surface area contributed by atoms with Gasteiger partial charge in [-0.2, -0.15) is 0 Å². The van der Waals surface area contributed by atoms with Crippen molar-refractivity contribution in [3.05, 3.63) is 60.3 Å². The summed E-state index contributed by atoms with van der Waals surface area (Å²) in [7, 11) is 0. The molecule has 1 aromatic carbocycles. The molecule has 0 bridgehead atoms. The molecule has 0 saturated carbocycles. The fourth-order valence-electron chi connectivity index (χ4n) is 2.37. The number of anilines is 2. The van der Waals surface area contributed by atoms with Crippen LogP contribution in [0.15, 0.2) is 54.7 Å². The van der Waals surface area contributed by atoms with Crippen molar-refractivity contribution >= 4 is 23.5 Å². The van der Waals surface area contributed by atoms with Crippen LogP contribution in [0.3, 0.4) is 0 Å². The number of nitrogens with zero attached hydrogens (tertiary/aromatic N) is 2. The van der Waals surface area contributed by atoms with Gasteiger partial charge in [0.2, 0.25) is 5.91 Å². The summed E-state index contributed by atoms with van der Waals surface area (Å²) < 4.78 is 5.33. The average molecular weight is 309 g/mol. The number of carbonyl (C=O) groups is 1. The van der Waals surface area contributed by atoms with E-state index in [1.54, 1.807) is 12.3 Å². The summed E-state index contributed by atoms with van der Waals surface area (Å²) in [6.45, 7) is 3.21. The smallest absolute Gasteiger partial charge is 0.249 e. The van der Waals surface area contributed by atoms with Gasteiger partial charge in [0.1, 0.15) is 5.82 Å². The van der Waals surface area contributed by atoms with Gasteiger partial charge in [0.25, 0.3) is 0 Å². The van der Waals surface area contributed by atoms with Crippen LogP contribution in [0.25, 0.3) is 6.08 Å². The van der Waals surface area contributed by atoms with Crippen molar-refractivity contribution < 1.29 is 9.53 Å². The van der Waals surface area contributed by atoms with Gasteiger partial charge in [-0.25, -0.2) is 4.98 Å². The highest BCUT2D eigenvalue weighted by molar-refractivity contribution is 6.01. The molecule has 0 unspecified atom stereocenters. The highest BCUT2D eigenvalue weighted by atomic mass is 16.5. The minimum absolute atomic E-state index is 0.194. The fraction of sp³-hybridized carbons (Fsp3) is 0.222. The Bertz CT molecular complexity index is 662. The number of ether oxygens (including phenoxy) is 1. The molecule has 2 heterocycles. The number of hydrogen-bond donors (Lipinski definition) is 1. The molecule has 23 heavy (non-hydrogen) atoms. The first-order valence-corrected chi connectivity index (χ1v) is 7.64. The van der Waals surface area contributed by atoms with E-state index in [1.807, 2.05) is 42.5 Å². The lowest BCUT2D eigenvalue weighted by Crippen LogP contribution is -2.36. The third-order valence-corrected chi connectivity index (χ3v) is 3.60. The maximum absolute atomic E-state index is 11.9. The first kappa shape index (κ1) is 15.2. The molecule has 118 valence electrons. The Morgan fingerprint density at radius 3 is 2.61 bits per heavy atom. The molecule has 1 N–H and O–H groups in total. The Morgan fingerprint density at radius 2 is 1.91 bits per heavy atom. The number of rotatable bonds is 4.